The fourth-order valence-electron chi connectivity index (χ4n) is 1.78. The quantitative estimate of drug-likeness (QED) is 0.707. The highest BCUT2D eigenvalue weighted by molar-refractivity contribution is 5.89. The molecule has 0 atom stereocenters. The van der Waals surface area contributed by atoms with Crippen LogP contribution in [0.15, 0.2) is 24.3 Å². The molecule has 0 unspecified atom stereocenters. The minimum atomic E-state index is -0.949. The maximum absolute atomic E-state index is 11.4. The standard InChI is InChI=1S/C14H17N3O3/c1-17(10-13(18)16-8-7-15)9-6-11-4-2-3-5-12(11)14(19)20/h2-5H,6,8-10H2,1H3,(H,16,18)(H,19,20). The molecule has 106 valence electrons. The number of rotatable bonds is 7. The van der Waals surface area contributed by atoms with Gasteiger partial charge in [-0.05, 0) is 25.1 Å². The van der Waals surface area contributed by atoms with E-state index in [4.69, 9.17) is 10.4 Å². The minimum Gasteiger partial charge on any atom is -0.478 e. The molecular formula is C14H17N3O3. The number of carboxylic acids is 1. The smallest absolute Gasteiger partial charge is 0.335 e. The second kappa shape index (κ2) is 7.92. The summed E-state index contributed by atoms with van der Waals surface area (Å²) in [6, 6.07) is 8.65. The SMILES string of the molecule is CN(CCc1ccccc1C(=O)O)CC(=O)NCC#N. The Morgan fingerprint density at radius 3 is 2.75 bits per heavy atom. The first-order valence-corrected chi connectivity index (χ1v) is 6.18. The van der Waals surface area contributed by atoms with Gasteiger partial charge in [-0.25, -0.2) is 4.79 Å². The molecule has 6 heteroatoms. The van der Waals surface area contributed by atoms with Gasteiger partial charge in [-0.3, -0.25) is 9.69 Å². The van der Waals surface area contributed by atoms with Gasteiger partial charge in [-0.15, -0.1) is 0 Å². The number of hydrogen-bond donors (Lipinski definition) is 2. The van der Waals surface area contributed by atoms with Crippen LogP contribution in [0.2, 0.25) is 0 Å². The molecule has 0 aromatic heterocycles. The van der Waals surface area contributed by atoms with Crippen LogP contribution in [0.1, 0.15) is 15.9 Å². The largest absolute Gasteiger partial charge is 0.478 e. The highest BCUT2D eigenvalue weighted by atomic mass is 16.4. The Kier molecular flexibility index (Phi) is 6.20. The van der Waals surface area contributed by atoms with Crippen molar-refractivity contribution in [2.24, 2.45) is 0 Å². The van der Waals surface area contributed by atoms with Crippen molar-refractivity contribution in [3.63, 3.8) is 0 Å². The summed E-state index contributed by atoms with van der Waals surface area (Å²) in [5, 5.41) is 19.9. The summed E-state index contributed by atoms with van der Waals surface area (Å²) in [4.78, 5) is 24.2. The molecule has 0 aliphatic carbocycles. The predicted octanol–water partition coefficient (Wildman–Crippen LogP) is 0.499. The Morgan fingerprint density at radius 1 is 1.40 bits per heavy atom. The lowest BCUT2D eigenvalue weighted by atomic mass is 10.0. The number of amides is 1. The first-order chi connectivity index (χ1) is 9.54. The summed E-state index contributed by atoms with van der Waals surface area (Å²) in [5.41, 5.74) is 1.03. The number of carbonyl (C=O) groups is 2. The highest BCUT2D eigenvalue weighted by Crippen LogP contribution is 2.09. The van der Waals surface area contributed by atoms with Gasteiger partial charge in [-0.2, -0.15) is 5.26 Å². The second-order valence-electron chi connectivity index (χ2n) is 4.38. The van der Waals surface area contributed by atoms with E-state index in [1.807, 2.05) is 6.07 Å². The second-order valence-corrected chi connectivity index (χ2v) is 4.38. The van der Waals surface area contributed by atoms with Crippen molar-refractivity contribution in [3.05, 3.63) is 35.4 Å². The lowest BCUT2D eigenvalue weighted by Crippen LogP contribution is -2.36. The molecule has 1 rings (SSSR count). The monoisotopic (exact) mass is 275 g/mol. The topological polar surface area (TPSA) is 93.4 Å². The van der Waals surface area contributed by atoms with Crippen LogP contribution >= 0.6 is 0 Å². The zero-order valence-corrected chi connectivity index (χ0v) is 11.3. The lowest BCUT2D eigenvalue weighted by Gasteiger charge is -2.16. The predicted molar refractivity (Wildman–Crippen MR) is 73.2 cm³/mol. The molecule has 1 aromatic rings. The molecule has 20 heavy (non-hydrogen) atoms. The van der Waals surface area contributed by atoms with Gasteiger partial charge in [0, 0.05) is 6.54 Å². The minimum absolute atomic E-state index is 0.00544. The molecule has 1 aromatic carbocycles. The van der Waals surface area contributed by atoms with Crippen LogP contribution in [0, 0.1) is 11.3 Å². The number of benzene rings is 1. The van der Waals surface area contributed by atoms with Crippen molar-refractivity contribution < 1.29 is 14.7 Å². The van der Waals surface area contributed by atoms with Crippen molar-refractivity contribution in [1.29, 1.82) is 5.26 Å². The Balaban J connectivity index is 2.49. The van der Waals surface area contributed by atoms with E-state index in [-0.39, 0.29) is 24.6 Å². The summed E-state index contributed by atoms with van der Waals surface area (Å²) < 4.78 is 0. The van der Waals surface area contributed by atoms with Gasteiger partial charge in [0.2, 0.25) is 5.91 Å². The van der Waals surface area contributed by atoms with Crippen molar-refractivity contribution in [2.45, 2.75) is 6.42 Å². The van der Waals surface area contributed by atoms with Crippen molar-refractivity contribution in [1.82, 2.24) is 10.2 Å². The van der Waals surface area contributed by atoms with E-state index in [0.29, 0.717) is 13.0 Å². The summed E-state index contributed by atoms with van der Waals surface area (Å²) >= 11 is 0. The highest BCUT2D eigenvalue weighted by Gasteiger charge is 2.11. The molecule has 0 radical (unpaired) electrons. The maximum Gasteiger partial charge on any atom is 0.335 e. The molecule has 0 aliphatic rings. The Labute approximate surface area is 117 Å². The summed E-state index contributed by atoms with van der Waals surface area (Å²) in [6.45, 7) is 0.732. The van der Waals surface area contributed by atoms with Gasteiger partial charge in [0.25, 0.3) is 0 Å². The Morgan fingerprint density at radius 2 is 2.10 bits per heavy atom. The van der Waals surface area contributed by atoms with Gasteiger partial charge in [0.1, 0.15) is 6.54 Å². The number of nitrogens with one attached hydrogen (secondary N) is 1. The van der Waals surface area contributed by atoms with Gasteiger partial charge in [0.15, 0.2) is 0 Å². The molecule has 0 aliphatic heterocycles. The summed E-state index contributed by atoms with van der Waals surface area (Å²) in [7, 11) is 1.77. The van der Waals surface area contributed by atoms with Crippen LogP contribution < -0.4 is 5.32 Å². The van der Waals surface area contributed by atoms with E-state index >= 15 is 0 Å². The van der Waals surface area contributed by atoms with Crippen LogP contribution in [-0.2, 0) is 11.2 Å². The number of carbonyl (C=O) groups excluding carboxylic acids is 1. The van der Waals surface area contributed by atoms with Gasteiger partial charge in [-0.1, -0.05) is 18.2 Å². The molecule has 0 bridgehead atoms. The van der Waals surface area contributed by atoms with Gasteiger partial charge in [0.05, 0.1) is 18.2 Å². The lowest BCUT2D eigenvalue weighted by molar-refractivity contribution is -0.121. The molecule has 0 heterocycles. The first kappa shape index (κ1) is 15.7. The van der Waals surface area contributed by atoms with E-state index < -0.39 is 5.97 Å². The van der Waals surface area contributed by atoms with Gasteiger partial charge >= 0.3 is 5.97 Å². The fourth-order valence-corrected chi connectivity index (χ4v) is 1.78. The van der Waals surface area contributed by atoms with E-state index in [0.717, 1.165) is 5.56 Å². The molecule has 0 spiro atoms. The Bertz CT molecular complexity index is 523. The third-order valence-corrected chi connectivity index (χ3v) is 2.79. The third-order valence-electron chi connectivity index (χ3n) is 2.79. The first-order valence-electron chi connectivity index (χ1n) is 6.18. The zero-order chi connectivity index (χ0) is 15.0. The molecule has 1 amide bonds. The van der Waals surface area contributed by atoms with Crippen LogP contribution in [0.4, 0.5) is 0 Å². The van der Waals surface area contributed by atoms with E-state index in [2.05, 4.69) is 5.32 Å². The van der Waals surface area contributed by atoms with Crippen LogP contribution in [0.3, 0.4) is 0 Å². The van der Waals surface area contributed by atoms with Crippen molar-refractivity contribution in [2.75, 3.05) is 26.7 Å². The average molecular weight is 275 g/mol. The molecule has 0 fully saturated rings. The normalized spacial score (nSPS) is 10.1. The number of hydrogen-bond acceptors (Lipinski definition) is 4. The zero-order valence-electron chi connectivity index (χ0n) is 11.3. The third kappa shape index (κ3) is 5.08. The molecule has 2 N–H and O–H groups in total. The van der Waals surface area contributed by atoms with E-state index in [9.17, 15) is 9.59 Å². The summed E-state index contributed by atoms with van der Waals surface area (Å²) in [5.74, 6) is -1.17. The number of carboxylic acid groups (broad SMARTS) is 1. The average Bonchev–Trinajstić information content (AvgIpc) is 2.43. The maximum atomic E-state index is 11.4. The number of aromatic carboxylic acids is 1. The Hall–Kier alpha value is -2.39. The number of nitriles is 1. The molecule has 0 saturated heterocycles. The van der Waals surface area contributed by atoms with Crippen LogP contribution in [0.5, 0.6) is 0 Å². The summed E-state index contributed by atoms with van der Waals surface area (Å²) in [6.07, 6.45) is 0.546. The van der Waals surface area contributed by atoms with Gasteiger partial charge < -0.3 is 10.4 Å². The molecule has 0 saturated carbocycles. The van der Waals surface area contributed by atoms with Crippen LogP contribution in [-0.4, -0.2) is 48.6 Å². The number of nitrogens with zero attached hydrogens (tertiary/aromatic N) is 2. The number of likely N-dealkylation sites (N-methyl/N-ethyl adjacent to an activating group) is 1. The van der Waals surface area contributed by atoms with Crippen molar-refractivity contribution >= 4 is 11.9 Å². The van der Waals surface area contributed by atoms with E-state index in [1.165, 1.54) is 0 Å². The van der Waals surface area contributed by atoms with E-state index in [1.54, 1.807) is 36.2 Å². The van der Waals surface area contributed by atoms with Crippen LogP contribution in [0.25, 0.3) is 0 Å². The van der Waals surface area contributed by atoms with Crippen molar-refractivity contribution in [3.8, 4) is 6.07 Å². The molecular weight excluding hydrogens is 258 g/mol. The molecule has 6 nitrogen and oxygen atoms in total. The fraction of sp³-hybridized carbons (Fsp3) is 0.357.